The number of anilines is 1. The van der Waals surface area contributed by atoms with Crippen LogP contribution in [0.15, 0.2) is 6.07 Å². The summed E-state index contributed by atoms with van der Waals surface area (Å²) in [4.78, 5) is 10.7. The van der Waals surface area contributed by atoms with E-state index in [0.717, 1.165) is 5.82 Å². The zero-order chi connectivity index (χ0) is 16.2. The Morgan fingerprint density at radius 1 is 1.18 bits per heavy atom. The number of rotatable bonds is 6. The van der Waals surface area contributed by atoms with E-state index in [1.807, 2.05) is 26.8 Å². The summed E-state index contributed by atoms with van der Waals surface area (Å²) in [6, 6.07) is 1.81. The average molecular weight is 328 g/mol. The zero-order valence-corrected chi connectivity index (χ0v) is 14.3. The highest BCUT2D eigenvalue weighted by atomic mass is 32.2. The Balaban J connectivity index is 2.05. The molecule has 0 spiro atoms. The fraction of sp³-hybridized carbons (Fsp3) is 0.714. The Labute approximate surface area is 132 Å². The quantitative estimate of drug-likeness (QED) is 0.777. The van der Waals surface area contributed by atoms with Gasteiger partial charge in [-0.3, -0.25) is 0 Å². The van der Waals surface area contributed by atoms with Crippen molar-refractivity contribution >= 4 is 15.8 Å². The van der Waals surface area contributed by atoms with Gasteiger partial charge in [-0.2, -0.15) is 9.29 Å². The Morgan fingerprint density at radius 2 is 1.86 bits per heavy atom. The van der Waals surface area contributed by atoms with Crippen molar-refractivity contribution in [2.45, 2.75) is 27.2 Å². The largest absolute Gasteiger partial charge is 0.478 e. The lowest BCUT2D eigenvalue weighted by Gasteiger charge is -2.34. The molecule has 2 heterocycles. The van der Waals surface area contributed by atoms with Crippen LogP contribution in [0.1, 0.15) is 26.1 Å². The standard InChI is InChI=1S/C14H24N4O3S/c1-4-10-22(19,20)18-8-6-17(7-9-18)13-11-14(21-5-2)16-12(3)15-13/h11H,4-10H2,1-3H3. The molecule has 1 fully saturated rings. The van der Waals surface area contributed by atoms with E-state index in [1.54, 1.807) is 4.31 Å². The minimum atomic E-state index is -3.11. The predicted molar refractivity (Wildman–Crippen MR) is 85.8 cm³/mol. The van der Waals surface area contributed by atoms with Gasteiger partial charge in [0.05, 0.1) is 12.4 Å². The molecule has 1 aromatic rings. The van der Waals surface area contributed by atoms with Gasteiger partial charge >= 0.3 is 0 Å². The van der Waals surface area contributed by atoms with Gasteiger partial charge in [-0.1, -0.05) is 6.92 Å². The maximum atomic E-state index is 12.1. The molecule has 2 rings (SSSR count). The molecule has 1 aliphatic rings. The topological polar surface area (TPSA) is 75.6 Å². The van der Waals surface area contributed by atoms with Crippen molar-refractivity contribution in [3.8, 4) is 5.88 Å². The fourth-order valence-corrected chi connectivity index (χ4v) is 3.99. The van der Waals surface area contributed by atoms with Crippen LogP contribution in [0.5, 0.6) is 5.88 Å². The summed E-state index contributed by atoms with van der Waals surface area (Å²) in [5, 5.41) is 0. The summed E-state index contributed by atoms with van der Waals surface area (Å²) in [7, 11) is -3.11. The van der Waals surface area contributed by atoms with Gasteiger partial charge in [0, 0.05) is 32.2 Å². The molecule has 7 nitrogen and oxygen atoms in total. The van der Waals surface area contributed by atoms with Crippen molar-refractivity contribution in [2.24, 2.45) is 0 Å². The lowest BCUT2D eigenvalue weighted by atomic mass is 10.3. The van der Waals surface area contributed by atoms with Crippen molar-refractivity contribution in [1.29, 1.82) is 0 Å². The van der Waals surface area contributed by atoms with Crippen molar-refractivity contribution in [2.75, 3.05) is 43.4 Å². The van der Waals surface area contributed by atoms with E-state index in [1.165, 1.54) is 0 Å². The van der Waals surface area contributed by atoms with Crippen LogP contribution in [0.25, 0.3) is 0 Å². The number of ether oxygens (including phenoxy) is 1. The van der Waals surface area contributed by atoms with Crippen molar-refractivity contribution in [3.05, 3.63) is 11.9 Å². The summed E-state index contributed by atoms with van der Waals surface area (Å²) in [5.41, 5.74) is 0. The molecule has 1 saturated heterocycles. The Morgan fingerprint density at radius 3 is 2.45 bits per heavy atom. The third-order valence-corrected chi connectivity index (χ3v) is 5.59. The summed E-state index contributed by atoms with van der Waals surface area (Å²) in [5.74, 6) is 2.23. The van der Waals surface area contributed by atoms with Gasteiger partial charge in [0.25, 0.3) is 0 Å². The first-order chi connectivity index (χ1) is 10.5. The molecular formula is C14H24N4O3S. The van der Waals surface area contributed by atoms with Crippen LogP contribution in [0.2, 0.25) is 0 Å². The predicted octanol–water partition coefficient (Wildman–Crippen LogP) is 1.05. The molecule has 0 radical (unpaired) electrons. The van der Waals surface area contributed by atoms with E-state index >= 15 is 0 Å². The Bertz CT molecular complexity index is 598. The number of piperazine rings is 1. The van der Waals surface area contributed by atoms with Crippen molar-refractivity contribution in [1.82, 2.24) is 14.3 Å². The minimum Gasteiger partial charge on any atom is -0.478 e. The van der Waals surface area contributed by atoms with Crippen LogP contribution < -0.4 is 9.64 Å². The molecule has 0 amide bonds. The summed E-state index contributed by atoms with van der Waals surface area (Å²) in [6.07, 6.45) is 0.644. The second kappa shape index (κ2) is 7.23. The zero-order valence-electron chi connectivity index (χ0n) is 13.4. The van der Waals surface area contributed by atoms with Crippen LogP contribution in [0.3, 0.4) is 0 Å². The Hall–Kier alpha value is -1.41. The van der Waals surface area contributed by atoms with E-state index in [-0.39, 0.29) is 5.75 Å². The molecule has 8 heteroatoms. The minimum absolute atomic E-state index is 0.216. The number of hydrogen-bond acceptors (Lipinski definition) is 6. The van der Waals surface area contributed by atoms with Gasteiger partial charge in [0.1, 0.15) is 11.6 Å². The molecule has 0 bridgehead atoms. The molecule has 0 saturated carbocycles. The summed E-state index contributed by atoms with van der Waals surface area (Å²) in [6.45, 7) is 8.43. The van der Waals surface area contributed by atoms with E-state index in [4.69, 9.17) is 4.74 Å². The van der Waals surface area contributed by atoms with Gasteiger partial charge < -0.3 is 9.64 Å². The monoisotopic (exact) mass is 328 g/mol. The van der Waals surface area contributed by atoms with Gasteiger partial charge in [-0.25, -0.2) is 13.4 Å². The van der Waals surface area contributed by atoms with Crippen LogP contribution >= 0.6 is 0 Å². The van der Waals surface area contributed by atoms with Crippen molar-refractivity contribution in [3.63, 3.8) is 0 Å². The highest BCUT2D eigenvalue weighted by molar-refractivity contribution is 7.89. The fourth-order valence-electron chi connectivity index (χ4n) is 2.49. The van der Waals surface area contributed by atoms with E-state index in [2.05, 4.69) is 14.9 Å². The summed E-state index contributed by atoms with van der Waals surface area (Å²) < 4.78 is 31.2. The highest BCUT2D eigenvalue weighted by Crippen LogP contribution is 2.20. The first-order valence-corrected chi connectivity index (χ1v) is 9.28. The van der Waals surface area contributed by atoms with Gasteiger partial charge in [-0.15, -0.1) is 0 Å². The molecule has 1 aliphatic heterocycles. The number of nitrogens with zero attached hydrogens (tertiary/aromatic N) is 4. The number of hydrogen-bond donors (Lipinski definition) is 0. The molecule has 0 atom stereocenters. The lowest BCUT2D eigenvalue weighted by molar-refractivity contribution is 0.325. The summed E-state index contributed by atoms with van der Waals surface area (Å²) >= 11 is 0. The molecule has 22 heavy (non-hydrogen) atoms. The molecule has 124 valence electrons. The smallest absolute Gasteiger partial charge is 0.218 e. The van der Waals surface area contributed by atoms with Crippen molar-refractivity contribution < 1.29 is 13.2 Å². The van der Waals surface area contributed by atoms with Gasteiger partial charge in [0.15, 0.2) is 0 Å². The lowest BCUT2D eigenvalue weighted by Crippen LogP contribution is -2.49. The molecule has 0 aliphatic carbocycles. The third kappa shape index (κ3) is 4.07. The number of aromatic nitrogens is 2. The normalized spacial score (nSPS) is 16.8. The molecular weight excluding hydrogens is 304 g/mol. The molecule has 0 unspecified atom stereocenters. The second-order valence-corrected chi connectivity index (χ2v) is 7.34. The Kier molecular flexibility index (Phi) is 5.57. The molecule has 0 aromatic carbocycles. The third-order valence-electron chi connectivity index (χ3n) is 3.51. The molecule has 1 aromatic heterocycles. The van der Waals surface area contributed by atoms with E-state index < -0.39 is 10.0 Å². The maximum Gasteiger partial charge on any atom is 0.218 e. The van der Waals surface area contributed by atoms with Gasteiger partial charge in [-0.05, 0) is 20.3 Å². The number of aryl methyl sites for hydroxylation is 1. The average Bonchev–Trinajstić information content (AvgIpc) is 2.47. The second-order valence-electron chi connectivity index (χ2n) is 5.25. The SMILES string of the molecule is CCCS(=O)(=O)N1CCN(c2cc(OCC)nc(C)n2)CC1. The van der Waals surface area contributed by atoms with E-state index in [0.29, 0.717) is 50.9 Å². The first kappa shape index (κ1) is 17.0. The highest BCUT2D eigenvalue weighted by Gasteiger charge is 2.26. The van der Waals surface area contributed by atoms with Crippen LogP contribution in [0.4, 0.5) is 5.82 Å². The maximum absolute atomic E-state index is 12.1. The molecule has 0 N–H and O–H groups in total. The number of sulfonamides is 1. The van der Waals surface area contributed by atoms with Crippen LogP contribution in [0, 0.1) is 6.92 Å². The van der Waals surface area contributed by atoms with Crippen LogP contribution in [-0.4, -0.2) is 61.2 Å². The van der Waals surface area contributed by atoms with E-state index in [9.17, 15) is 8.42 Å². The first-order valence-electron chi connectivity index (χ1n) is 7.67. The van der Waals surface area contributed by atoms with Gasteiger partial charge in [0.2, 0.25) is 15.9 Å². The van der Waals surface area contributed by atoms with Crippen LogP contribution in [-0.2, 0) is 10.0 Å².